The van der Waals surface area contributed by atoms with Crippen LogP contribution in [0.3, 0.4) is 0 Å². The van der Waals surface area contributed by atoms with Crippen LogP contribution < -0.4 is 0 Å². The van der Waals surface area contributed by atoms with Crippen molar-refractivity contribution in [1.82, 2.24) is 0 Å². The highest BCUT2D eigenvalue weighted by Gasteiger charge is 2.54. The Morgan fingerprint density at radius 3 is 1.80 bits per heavy atom. The molecular weight excluding hydrogens is 572 g/mol. The lowest BCUT2D eigenvalue weighted by Gasteiger charge is -2.49. The molecule has 3 aliphatic heterocycles. The van der Waals surface area contributed by atoms with Gasteiger partial charge in [0.25, 0.3) is 0 Å². The van der Waals surface area contributed by atoms with Crippen LogP contribution in [0.1, 0.15) is 20.3 Å². The number of aliphatic hydroxyl groups is 8. The van der Waals surface area contributed by atoms with Crippen LogP contribution in [-0.2, 0) is 43.0 Å². The van der Waals surface area contributed by atoms with Crippen LogP contribution in [0.25, 0.3) is 0 Å². The van der Waals surface area contributed by atoms with Crippen LogP contribution in [-0.4, -0.2) is 166 Å². The molecular formula is C21H38O18S. The maximum absolute atomic E-state index is 11.3. The minimum atomic E-state index is -5.22. The lowest BCUT2D eigenvalue weighted by molar-refractivity contribution is -0.385. The summed E-state index contributed by atoms with van der Waals surface area (Å²) in [5.41, 5.74) is 0. The summed E-state index contributed by atoms with van der Waals surface area (Å²) >= 11 is 0. The number of ether oxygens (including phenoxy) is 6. The molecule has 0 saturated carbocycles. The first-order valence-electron chi connectivity index (χ1n) is 12.6. The van der Waals surface area contributed by atoms with Crippen LogP contribution >= 0.6 is 0 Å². The Labute approximate surface area is 229 Å². The van der Waals surface area contributed by atoms with E-state index in [9.17, 15) is 49.3 Å². The molecule has 3 rings (SSSR count). The third-order valence-electron chi connectivity index (χ3n) is 6.73. The predicted molar refractivity (Wildman–Crippen MR) is 124 cm³/mol. The van der Waals surface area contributed by atoms with E-state index < -0.39 is 116 Å². The zero-order valence-corrected chi connectivity index (χ0v) is 22.4. The Morgan fingerprint density at radius 2 is 1.23 bits per heavy atom. The first-order valence-corrected chi connectivity index (χ1v) is 13.9. The Balaban J connectivity index is 1.92. The summed E-state index contributed by atoms with van der Waals surface area (Å²) < 4.78 is 69.4. The molecule has 19 heteroatoms. The molecule has 3 heterocycles. The van der Waals surface area contributed by atoms with Crippen molar-refractivity contribution in [2.24, 2.45) is 0 Å². The van der Waals surface area contributed by atoms with Crippen molar-refractivity contribution in [1.29, 1.82) is 0 Å². The van der Waals surface area contributed by atoms with Gasteiger partial charge in [-0.15, -0.1) is 0 Å². The summed E-state index contributed by atoms with van der Waals surface area (Å²) in [5, 5.41) is 82.3. The van der Waals surface area contributed by atoms with Gasteiger partial charge >= 0.3 is 10.4 Å². The monoisotopic (exact) mass is 610 g/mol. The molecule has 0 aliphatic carbocycles. The molecule has 0 amide bonds. The van der Waals surface area contributed by atoms with Gasteiger partial charge in [-0.2, -0.15) is 8.42 Å². The molecule has 9 N–H and O–H groups in total. The average Bonchev–Trinajstić information content (AvgIpc) is 2.90. The first-order chi connectivity index (χ1) is 18.7. The van der Waals surface area contributed by atoms with E-state index in [1.165, 1.54) is 6.92 Å². The number of aliphatic hydroxyl groups excluding tert-OH is 8. The summed E-state index contributed by atoms with van der Waals surface area (Å²) in [4.78, 5) is 0. The third-order valence-corrected chi connectivity index (χ3v) is 7.19. The van der Waals surface area contributed by atoms with Gasteiger partial charge in [0.2, 0.25) is 0 Å². The van der Waals surface area contributed by atoms with Crippen molar-refractivity contribution in [2.45, 2.75) is 112 Å². The van der Waals surface area contributed by atoms with Gasteiger partial charge in [-0.1, -0.05) is 6.92 Å². The van der Waals surface area contributed by atoms with Crippen LogP contribution in [0.2, 0.25) is 0 Å². The standard InChI is InChI=1S/C21H38O18S/c1-3-4-33-19-15(29)18(38-20-13(27)12(26)10(24)7(2)34-20)16(9(6-23)36-19)37-21-14(28)17(39-40(30,31)32)11(25)8(5-22)35-21/h7-29H,3-6H2,1-2H3,(H,30,31,32)/t7-,8+,9+,10+,11-,12+,13-,14+,15+,16+,17-,18+,19+,20-,21-/m0/s1. The molecule has 3 saturated heterocycles. The van der Waals surface area contributed by atoms with Gasteiger partial charge in [-0.05, 0) is 13.3 Å². The van der Waals surface area contributed by atoms with Gasteiger partial charge in [-0.3, -0.25) is 4.55 Å². The highest BCUT2D eigenvalue weighted by atomic mass is 32.3. The SMILES string of the molecule is CCCO[C@@H]1O[C@H](CO)[C@@H](O[C@@H]2O[C@H](CO)[C@H](O)[C@H](OS(=O)(=O)O)[C@H]2O)[C@H](O[C@@H]2O[C@@H](C)[C@@H](O)[C@@H](O)[C@@H]2O)[C@H]1O. The van der Waals surface area contributed by atoms with Crippen molar-refractivity contribution >= 4 is 10.4 Å². The predicted octanol–water partition coefficient (Wildman–Crippen LogP) is -5.28. The molecule has 0 unspecified atom stereocenters. The van der Waals surface area contributed by atoms with E-state index in [-0.39, 0.29) is 6.61 Å². The summed E-state index contributed by atoms with van der Waals surface area (Å²) in [6, 6.07) is 0. The van der Waals surface area contributed by atoms with E-state index >= 15 is 0 Å². The van der Waals surface area contributed by atoms with E-state index in [2.05, 4.69) is 4.18 Å². The molecule has 0 spiro atoms. The normalized spacial score (nSPS) is 46.8. The van der Waals surface area contributed by atoms with E-state index in [1.54, 1.807) is 6.92 Å². The molecule has 236 valence electrons. The molecule has 3 fully saturated rings. The molecule has 0 radical (unpaired) electrons. The van der Waals surface area contributed by atoms with Gasteiger partial charge in [0.05, 0.1) is 19.3 Å². The van der Waals surface area contributed by atoms with Gasteiger partial charge in [0.15, 0.2) is 18.9 Å². The van der Waals surface area contributed by atoms with Crippen LogP contribution in [0, 0.1) is 0 Å². The molecule has 0 bridgehead atoms. The van der Waals surface area contributed by atoms with E-state index in [1.807, 2.05) is 0 Å². The van der Waals surface area contributed by atoms with Gasteiger partial charge in [0, 0.05) is 6.61 Å². The summed E-state index contributed by atoms with van der Waals surface area (Å²) in [7, 11) is -5.22. The molecule has 18 nitrogen and oxygen atoms in total. The second-order valence-electron chi connectivity index (χ2n) is 9.66. The zero-order chi connectivity index (χ0) is 29.9. The third kappa shape index (κ3) is 7.63. The minimum absolute atomic E-state index is 0.109. The van der Waals surface area contributed by atoms with E-state index in [0.29, 0.717) is 6.42 Å². The lowest BCUT2D eigenvalue weighted by atomic mass is 9.96. The largest absolute Gasteiger partial charge is 0.397 e. The van der Waals surface area contributed by atoms with Crippen molar-refractivity contribution in [3.63, 3.8) is 0 Å². The average molecular weight is 611 g/mol. The zero-order valence-electron chi connectivity index (χ0n) is 21.6. The fourth-order valence-electron chi connectivity index (χ4n) is 4.59. The van der Waals surface area contributed by atoms with Crippen molar-refractivity contribution < 1.29 is 86.4 Å². The molecule has 40 heavy (non-hydrogen) atoms. The summed E-state index contributed by atoms with van der Waals surface area (Å²) in [6.07, 6.45) is -24.7. The van der Waals surface area contributed by atoms with Gasteiger partial charge in [0.1, 0.15) is 67.1 Å². The van der Waals surface area contributed by atoms with Crippen LogP contribution in [0.5, 0.6) is 0 Å². The summed E-state index contributed by atoms with van der Waals surface area (Å²) in [5.74, 6) is 0. The molecule has 3 aliphatic rings. The Morgan fingerprint density at radius 1 is 0.675 bits per heavy atom. The van der Waals surface area contributed by atoms with Crippen molar-refractivity contribution in [3.05, 3.63) is 0 Å². The van der Waals surface area contributed by atoms with Crippen LogP contribution in [0.15, 0.2) is 0 Å². The Bertz CT molecular complexity index is 893. The van der Waals surface area contributed by atoms with E-state index in [0.717, 1.165) is 0 Å². The highest BCUT2D eigenvalue weighted by Crippen LogP contribution is 2.34. The van der Waals surface area contributed by atoms with Crippen molar-refractivity contribution in [2.75, 3.05) is 19.8 Å². The summed E-state index contributed by atoms with van der Waals surface area (Å²) in [6.45, 7) is 1.56. The molecule has 0 aromatic carbocycles. The maximum atomic E-state index is 11.3. The fourth-order valence-corrected chi connectivity index (χ4v) is 5.10. The van der Waals surface area contributed by atoms with Crippen LogP contribution in [0.4, 0.5) is 0 Å². The first kappa shape index (κ1) is 33.8. The Hall–Kier alpha value is -0.690. The maximum Gasteiger partial charge on any atom is 0.397 e. The fraction of sp³-hybridized carbons (Fsp3) is 1.00. The van der Waals surface area contributed by atoms with Crippen molar-refractivity contribution in [3.8, 4) is 0 Å². The molecule has 15 atom stereocenters. The second-order valence-corrected chi connectivity index (χ2v) is 10.7. The number of hydrogen-bond acceptors (Lipinski definition) is 17. The van der Waals surface area contributed by atoms with E-state index in [4.69, 9.17) is 33.0 Å². The van der Waals surface area contributed by atoms with Gasteiger partial charge in [-0.25, -0.2) is 4.18 Å². The number of hydrogen-bond donors (Lipinski definition) is 9. The van der Waals surface area contributed by atoms with Gasteiger partial charge < -0.3 is 69.3 Å². The second kappa shape index (κ2) is 14.2. The lowest BCUT2D eigenvalue weighted by Crippen LogP contribution is -2.67. The topological polar surface area (TPSA) is 281 Å². The number of rotatable bonds is 11. The molecule has 0 aromatic heterocycles. The molecule has 0 aromatic rings. The smallest absolute Gasteiger partial charge is 0.394 e. The quantitative estimate of drug-likeness (QED) is 0.0987. The highest BCUT2D eigenvalue weighted by molar-refractivity contribution is 7.80. The minimum Gasteiger partial charge on any atom is -0.394 e. The Kier molecular flexibility index (Phi) is 12.0.